The average Bonchev–Trinajstić information content (AvgIpc) is 2.84. The van der Waals surface area contributed by atoms with Crippen LogP contribution < -0.4 is 5.32 Å². The molecule has 0 bridgehead atoms. The lowest BCUT2D eigenvalue weighted by Crippen LogP contribution is -2.73. The lowest BCUT2D eigenvalue weighted by Gasteiger charge is -2.47. The van der Waals surface area contributed by atoms with Crippen molar-refractivity contribution in [2.24, 2.45) is 0 Å². The lowest BCUT2D eigenvalue weighted by atomic mass is 10.1. The van der Waals surface area contributed by atoms with E-state index in [4.69, 9.17) is 4.74 Å². The molecule has 2 fully saturated rings. The molecule has 2 saturated heterocycles. The van der Waals surface area contributed by atoms with Crippen molar-refractivity contribution >= 4 is 39.7 Å². The molecular formula is C29H43BrF12N2O8. The number of carbonyl (C=O) groups excluding carboxylic acids is 4. The minimum Gasteiger partial charge on any atom is -0.459 e. The second-order valence-corrected chi connectivity index (χ2v) is 12.3. The van der Waals surface area contributed by atoms with Crippen molar-refractivity contribution in [3.8, 4) is 0 Å². The number of carbonyl (C=O) groups is 4. The SMILES string of the molecule is C.C.C.C=C1COC(C(F)(F)F)(C(F)(F)F)N(CC(=O)OC(C)(C)C)C1=O.C=C1COC(C(F)(F)F)(C(F)(F)F)NC1=O.CC(C)(C)OC(=O)CBr. The third-order valence-electron chi connectivity index (χ3n) is 5.26. The van der Waals surface area contributed by atoms with Crippen molar-refractivity contribution in [1.82, 2.24) is 10.2 Å². The molecule has 10 nitrogen and oxygen atoms in total. The number of nitrogens with one attached hydrogen (secondary N) is 1. The number of nitrogens with zero attached hydrogens (tertiary/aromatic N) is 1. The Morgan fingerprint density at radius 1 is 0.712 bits per heavy atom. The van der Waals surface area contributed by atoms with Crippen LogP contribution >= 0.6 is 15.9 Å². The summed E-state index contributed by atoms with van der Waals surface area (Å²) in [6.07, 6.45) is -23.7. The van der Waals surface area contributed by atoms with Gasteiger partial charge in [-0.05, 0) is 41.5 Å². The van der Waals surface area contributed by atoms with Crippen LogP contribution in [-0.4, -0.2) is 101 Å². The maximum atomic E-state index is 13.2. The minimum atomic E-state index is -6.04. The summed E-state index contributed by atoms with van der Waals surface area (Å²) in [6.45, 7) is 11.6. The molecule has 2 aliphatic heterocycles. The molecule has 0 spiro atoms. The Bertz CT molecular complexity index is 1240. The maximum Gasteiger partial charge on any atom is 0.446 e. The zero-order chi connectivity index (χ0) is 39.4. The number of hydrogen-bond acceptors (Lipinski definition) is 8. The fourth-order valence-corrected chi connectivity index (χ4v) is 3.48. The molecule has 23 heteroatoms. The predicted molar refractivity (Wildman–Crippen MR) is 165 cm³/mol. The number of alkyl halides is 13. The number of ether oxygens (including phenoxy) is 4. The molecule has 0 atom stereocenters. The van der Waals surface area contributed by atoms with E-state index >= 15 is 0 Å². The highest BCUT2D eigenvalue weighted by molar-refractivity contribution is 9.09. The normalized spacial score (nSPS) is 17.6. The monoisotopic (exact) mass is 854 g/mol. The summed E-state index contributed by atoms with van der Waals surface area (Å²) in [5.41, 5.74) is -12.3. The van der Waals surface area contributed by atoms with E-state index in [0.29, 0.717) is 0 Å². The van der Waals surface area contributed by atoms with Crippen molar-refractivity contribution < 1.29 is 90.8 Å². The first-order valence-electron chi connectivity index (χ1n) is 13.0. The van der Waals surface area contributed by atoms with Gasteiger partial charge in [0.25, 0.3) is 11.8 Å². The second-order valence-electron chi connectivity index (χ2n) is 11.8. The molecule has 0 aromatic carbocycles. The van der Waals surface area contributed by atoms with Gasteiger partial charge < -0.3 is 24.3 Å². The number of amides is 2. The first-order chi connectivity index (χ1) is 21.5. The van der Waals surface area contributed by atoms with Gasteiger partial charge in [0, 0.05) is 11.1 Å². The highest BCUT2D eigenvalue weighted by atomic mass is 79.9. The molecule has 52 heavy (non-hydrogen) atoms. The molecular weight excluding hydrogens is 812 g/mol. The molecule has 2 amide bonds. The van der Waals surface area contributed by atoms with Gasteiger partial charge >= 0.3 is 48.1 Å². The van der Waals surface area contributed by atoms with Crippen LogP contribution in [0.1, 0.15) is 63.8 Å². The number of halogens is 13. The van der Waals surface area contributed by atoms with Gasteiger partial charge in [-0.25, -0.2) is 0 Å². The number of hydrogen-bond donors (Lipinski definition) is 1. The molecule has 0 radical (unpaired) electrons. The minimum absolute atomic E-state index is 0. The Morgan fingerprint density at radius 3 is 1.37 bits per heavy atom. The highest BCUT2D eigenvalue weighted by Crippen LogP contribution is 2.50. The van der Waals surface area contributed by atoms with Crippen molar-refractivity contribution in [3.63, 3.8) is 0 Å². The summed E-state index contributed by atoms with van der Waals surface area (Å²) in [7, 11) is 0. The Labute approximate surface area is 301 Å². The van der Waals surface area contributed by atoms with Crippen molar-refractivity contribution in [3.05, 3.63) is 24.3 Å². The molecule has 2 aliphatic rings. The maximum absolute atomic E-state index is 13.2. The van der Waals surface area contributed by atoms with E-state index in [9.17, 15) is 71.9 Å². The third kappa shape index (κ3) is 14.0. The fourth-order valence-electron chi connectivity index (χ4n) is 3.36. The van der Waals surface area contributed by atoms with Gasteiger partial charge in [-0.1, -0.05) is 51.4 Å². The summed E-state index contributed by atoms with van der Waals surface area (Å²) in [4.78, 5) is 44.2. The van der Waals surface area contributed by atoms with Crippen LogP contribution in [0.4, 0.5) is 52.7 Å². The van der Waals surface area contributed by atoms with Crippen molar-refractivity contribution in [2.45, 2.75) is 111 Å². The Morgan fingerprint density at radius 2 is 1.08 bits per heavy atom. The van der Waals surface area contributed by atoms with Crippen LogP contribution in [0.15, 0.2) is 24.3 Å². The van der Waals surface area contributed by atoms with Gasteiger partial charge in [0.2, 0.25) is 0 Å². The van der Waals surface area contributed by atoms with Crippen LogP contribution in [0.2, 0.25) is 0 Å². The Kier molecular flexibility index (Phi) is 20.1. The summed E-state index contributed by atoms with van der Waals surface area (Å²) in [5.74, 6) is -4.91. The van der Waals surface area contributed by atoms with Crippen LogP contribution in [0, 0.1) is 0 Å². The van der Waals surface area contributed by atoms with Crippen molar-refractivity contribution in [1.29, 1.82) is 0 Å². The van der Waals surface area contributed by atoms with E-state index < -0.39 is 95.3 Å². The summed E-state index contributed by atoms with van der Waals surface area (Å²) in [5, 5.41) is 1.02. The topological polar surface area (TPSA) is 120 Å². The standard InChI is InChI=1S/C13H15F6NO4.C7H5F6NO2.C6H11BrO2.3CH4/c1-7-6-23-11(12(14,15)16,13(17,18)19)20(9(7)22)5-8(21)24-10(2,3)4;1-3-2-16-5(6(8,9)10,7(11,12)13)14-4(3)15;1-6(2,3)9-5(8)4-7;;;/h1,5-6H2,2-4H3;1-2H2,(H,14,15);4H2,1-3H3;3*1H4. The van der Waals surface area contributed by atoms with Gasteiger partial charge in [-0.3, -0.25) is 24.1 Å². The molecule has 0 saturated carbocycles. The largest absolute Gasteiger partial charge is 0.459 e. The van der Waals surface area contributed by atoms with E-state index in [0.717, 1.165) is 5.32 Å². The summed E-state index contributed by atoms with van der Waals surface area (Å²) in [6, 6.07) is 0. The molecule has 1 N–H and O–H groups in total. The van der Waals surface area contributed by atoms with Crippen LogP contribution in [0.25, 0.3) is 0 Å². The average molecular weight is 856 g/mol. The molecule has 0 unspecified atom stereocenters. The fraction of sp³-hybridized carbons (Fsp3) is 0.724. The zero-order valence-corrected chi connectivity index (χ0v) is 28.0. The molecule has 0 aromatic rings. The van der Waals surface area contributed by atoms with Crippen molar-refractivity contribution in [2.75, 3.05) is 25.1 Å². The molecule has 2 rings (SSSR count). The molecule has 308 valence electrons. The molecule has 0 aliphatic carbocycles. The van der Waals surface area contributed by atoms with Gasteiger partial charge in [0.05, 0.1) is 13.2 Å². The zero-order valence-electron chi connectivity index (χ0n) is 26.4. The molecule has 0 aromatic heterocycles. The summed E-state index contributed by atoms with van der Waals surface area (Å²) < 4.78 is 170. The lowest BCUT2D eigenvalue weighted by molar-refractivity contribution is -0.422. The van der Waals surface area contributed by atoms with Crippen LogP contribution in [-0.2, 0) is 38.1 Å². The predicted octanol–water partition coefficient (Wildman–Crippen LogP) is 7.71. The van der Waals surface area contributed by atoms with E-state index in [-0.39, 0.29) is 39.2 Å². The Hall–Kier alpha value is -3.08. The summed E-state index contributed by atoms with van der Waals surface area (Å²) >= 11 is 2.99. The number of rotatable bonds is 3. The third-order valence-corrected chi connectivity index (χ3v) is 5.72. The quantitative estimate of drug-likeness (QED) is 0.133. The van der Waals surface area contributed by atoms with E-state index in [2.05, 4.69) is 43.3 Å². The van der Waals surface area contributed by atoms with E-state index in [1.807, 2.05) is 20.8 Å². The van der Waals surface area contributed by atoms with E-state index in [1.54, 1.807) is 0 Å². The van der Waals surface area contributed by atoms with Crippen LogP contribution in [0.3, 0.4) is 0 Å². The Balaban J connectivity index is -0.000000357. The molecule has 2 heterocycles. The number of esters is 2. The van der Waals surface area contributed by atoms with Gasteiger partial charge in [0.1, 0.15) is 23.1 Å². The first kappa shape index (κ1) is 55.7. The first-order valence-corrected chi connectivity index (χ1v) is 14.2. The van der Waals surface area contributed by atoms with Crippen LogP contribution in [0.5, 0.6) is 0 Å². The van der Waals surface area contributed by atoms with E-state index in [1.165, 1.54) is 20.8 Å². The van der Waals surface area contributed by atoms with Gasteiger partial charge in [-0.2, -0.15) is 52.7 Å². The smallest absolute Gasteiger partial charge is 0.446 e. The second kappa shape index (κ2) is 18.8. The highest BCUT2D eigenvalue weighted by Gasteiger charge is 2.78. The van der Waals surface area contributed by atoms with Gasteiger partial charge in [-0.15, -0.1) is 0 Å². The van der Waals surface area contributed by atoms with Gasteiger partial charge in [0.15, 0.2) is 0 Å².